The van der Waals surface area contributed by atoms with Crippen LogP contribution in [0.2, 0.25) is 0 Å². The molecule has 0 amide bonds. The molecule has 5 atom stereocenters. The molecule has 1 N–H and O–H groups in total. The molecule has 3 aliphatic heterocycles. The van der Waals surface area contributed by atoms with Gasteiger partial charge in [0.2, 0.25) is 0 Å². The van der Waals surface area contributed by atoms with Gasteiger partial charge in [-0.15, -0.1) is 0 Å². The second-order valence-corrected chi connectivity index (χ2v) is 9.64. The van der Waals surface area contributed by atoms with Gasteiger partial charge >= 0.3 is 5.97 Å². The first kappa shape index (κ1) is 22.3. The fourth-order valence-corrected chi connectivity index (χ4v) is 5.26. The average Bonchev–Trinajstić information content (AvgIpc) is 3.09. The SMILES string of the molecule is C/C1=C/C(=O)O[C@@H]2C[C@@H](CC[C@H](C)/C=C\C=C\CC1)O[C@@](O)([C@@H]1CSC(=O)C1)C2. The van der Waals surface area contributed by atoms with Gasteiger partial charge in [-0.2, -0.15) is 0 Å². The van der Waals surface area contributed by atoms with Gasteiger partial charge in [-0.25, -0.2) is 4.79 Å². The topological polar surface area (TPSA) is 72.8 Å². The lowest BCUT2D eigenvalue weighted by Gasteiger charge is -2.43. The minimum atomic E-state index is -1.42. The Kier molecular flexibility index (Phi) is 7.77. The summed E-state index contributed by atoms with van der Waals surface area (Å²) in [5.74, 6) is -1.10. The summed E-state index contributed by atoms with van der Waals surface area (Å²) < 4.78 is 11.9. The molecule has 0 saturated carbocycles. The highest BCUT2D eigenvalue weighted by molar-refractivity contribution is 8.14. The van der Waals surface area contributed by atoms with Gasteiger partial charge in [-0.1, -0.05) is 48.6 Å². The van der Waals surface area contributed by atoms with Crippen LogP contribution in [0, 0.1) is 11.8 Å². The Morgan fingerprint density at radius 2 is 2.03 bits per heavy atom. The summed E-state index contributed by atoms with van der Waals surface area (Å²) in [4.78, 5) is 24.2. The molecule has 0 spiro atoms. The van der Waals surface area contributed by atoms with Gasteiger partial charge in [0.1, 0.15) is 6.10 Å². The van der Waals surface area contributed by atoms with E-state index >= 15 is 0 Å². The van der Waals surface area contributed by atoms with Crippen LogP contribution in [0.5, 0.6) is 0 Å². The third kappa shape index (κ3) is 6.56. The van der Waals surface area contributed by atoms with Crippen molar-refractivity contribution in [2.45, 2.75) is 76.8 Å². The molecule has 6 heteroatoms. The van der Waals surface area contributed by atoms with Crippen molar-refractivity contribution in [3.63, 3.8) is 0 Å². The largest absolute Gasteiger partial charge is 0.459 e. The lowest BCUT2D eigenvalue weighted by Crippen LogP contribution is -2.52. The van der Waals surface area contributed by atoms with Crippen LogP contribution in [0.3, 0.4) is 0 Å². The quantitative estimate of drug-likeness (QED) is 0.637. The van der Waals surface area contributed by atoms with Gasteiger partial charge in [0.15, 0.2) is 10.9 Å². The Labute approximate surface area is 177 Å². The van der Waals surface area contributed by atoms with Crippen molar-refractivity contribution in [3.05, 3.63) is 36.0 Å². The van der Waals surface area contributed by atoms with Crippen LogP contribution in [0.15, 0.2) is 36.0 Å². The molecule has 2 bridgehead atoms. The van der Waals surface area contributed by atoms with Crippen molar-refractivity contribution in [1.29, 1.82) is 0 Å². The van der Waals surface area contributed by atoms with E-state index in [-0.39, 0.29) is 29.5 Å². The molecule has 0 aromatic heterocycles. The monoisotopic (exact) mass is 420 g/mol. The van der Waals surface area contributed by atoms with Crippen LogP contribution in [0.1, 0.15) is 58.8 Å². The minimum Gasteiger partial charge on any atom is -0.459 e. The zero-order chi connectivity index (χ0) is 20.9. The van der Waals surface area contributed by atoms with Crippen LogP contribution in [0.25, 0.3) is 0 Å². The van der Waals surface area contributed by atoms with Crippen LogP contribution in [-0.4, -0.2) is 39.9 Å². The molecule has 0 aromatic rings. The number of hydrogen-bond donors (Lipinski definition) is 1. The third-order valence-electron chi connectivity index (χ3n) is 5.90. The third-order valence-corrected chi connectivity index (χ3v) is 6.95. The Balaban J connectivity index is 1.78. The molecular weight excluding hydrogens is 388 g/mol. The van der Waals surface area contributed by atoms with Crippen LogP contribution >= 0.6 is 11.8 Å². The molecule has 2 saturated heterocycles. The summed E-state index contributed by atoms with van der Waals surface area (Å²) in [5.41, 5.74) is 0.973. The molecule has 160 valence electrons. The molecule has 5 nitrogen and oxygen atoms in total. The first-order valence-corrected chi connectivity index (χ1v) is 11.6. The van der Waals surface area contributed by atoms with Gasteiger partial charge in [-0.05, 0) is 38.5 Å². The number of ether oxygens (including phenoxy) is 2. The molecule has 29 heavy (non-hydrogen) atoms. The first-order valence-electron chi connectivity index (χ1n) is 10.6. The lowest BCUT2D eigenvalue weighted by molar-refractivity contribution is -0.295. The van der Waals surface area contributed by atoms with E-state index in [1.807, 2.05) is 6.92 Å². The molecule has 3 heterocycles. The summed E-state index contributed by atoms with van der Waals surface area (Å²) in [6.07, 6.45) is 13.8. The van der Waals surface area contributed by atoms with E-state index in [0.717, 1.165) is 31.3 Å². The van der Waals surface area contributed by atoms with Crippen molar-refractivity contribution >= 4 is 22.8 Å². The molecule has 0 unspecified atom stereocenters. The number of esters is 1. The Bertz CT molecular complexity index is 697. The van der Waals surface area contributed by atoms with Gasteiger partial charge in [0, 0.05) is 37.0 Å². The second-order valence-electron chi connectivity index (χ2n) is 8.56. The highest BCUT2D eigenvalue weighted by Crippen LogP contribution is 2.42. The van der Waals surface area contributed by atoms with Crippen LogP contribution in [0.4, 0.5) is 0 Å². The molecule has 3 rings (SSSR count). The Hall–Kier alpha value is -1.37. The Morgan fingerprint density at radius 3 is 2.79 bits per heavy atom. The van der Waals surface area contributed by atoms with Crippen molar-refractivity contribution in [1.82, 2.24) is 0 Å². The summed E-state index contributed by atoms with van der Waals surface area (Å²) >= 11 is 1.25. The van der Waals surface area contributed by atoms with Crippen LogP contribution < -0.4 is 0 Å². The fraction of sp³-hybridized carbons (Fsp3) is 0.652. The minimum absolute atomic E-state index is 0.0857. The van der Waals surface area contributed by atoms with Crippen LogP contribution in [-0.2, 0) is 19.1 Å². The summed E-state index contributed by atoms with van der Waals surface area (Å²) in [5, 5.41) is 11.4. The predicted octanol–water partition coefficient (Wildman–Crippen LogP) is 4.31. The summed E-state index contributed by atoms with van der Waals surface area (Å²) in [7, 11) is 0. The summed E-state index contributed by atoms with van der Waals surface area (Å²) in [6.45, 7) is 4.10. The van der Waals surface area contributed by atoms with E-state index in [0.29, 0.717) is 24.5 Å². The zero-order valence-corrected chi connectivity index (χ0v) is 18.2. The smallest absolute Gasteiger partial charge is 0.330 e. The van der Waals surface area contributed by atoms with E-state index in [9.17, 15) is 14.7 Å². The average molecular weight is 421 g/mol. The molecule has 0 aliphatic carbocycles. The fourth-order valence-electron chi connectivity index (χ4n) is 4.18. The number of fused-ring (bicyclic) bond motifs is 2. The maximum atomic E-state index is 12.4. The number of allylic oxidation sites excluding steroid dienone is 5. The highest BCUT2D eigenvalue weighted by Gasteiger charge is 2.49. The second kappa shape index (κ2) is 10.1. The zero-order valence-electron chi connectivity index (χ0n) is 17.3. The predicted molar refractivity (Wildman–Crippen MR) is 114 cm³/mol. The molecule has 0 radical (unpaired) electrons. The van der Waals surface area contributed by atoms with E-state index in [4.69, 9.17) is 9.47 Å². The molecular formula is C23H32O5S. The Morgan fingerprint density at radius 1 is 1.21 bits per heavy atom. The number of thioether (sulfide) groups is 1. The maximum Gasteiger partial charge on any atom is 0.330 e. The van der Waals surface area contributed by atoms with E-state index in [1.54, 1.807) is 6.08 Å². The van der Waals surface area contributed by atoms with Crippen molar-refractivity contribution in [3.8, 4) is 0 Å². The highest BCUT2D eigenvalue weighted by atomic mass is 32.2. The van der Waals surface area contributed by atoms with Crippen molar-refractivity contribution in [2.24, 2.45) is 11.8 Å². The normalized spacial score (nSPS) is 41.3. The number of carbonyl (C=O) groups is 2. The van der Waals surface area contributed by atoms with Crippen molar-refractivity contribution < 1.29 is 24.2 Å². The number of aliphatic hydroxyl groups is 1. The number of hydrogen-bond acceptors (Lipinski definition) is 6. The standard InChI is InChI=1S/C23H32O5S/c1-16-7-5-3-4-6-8-17(2)11-21(24)27-20-13-19(10-9-16)28-23(26,14-20)18-12-22(25)29-15-18/h3-5,7,11,16,18-20,26H,6,8-10,12-15H2,1-2H3/b4-3+,7-5-,17-11-/t16-,18+,19-,20-,23-/m1/s1. The summed E-state index contributed by atoms with van der Waals surface area (Å²) in [6, 6.07) is 0. The molecule has 0 aromatic carbocycles. The van der Waals surface area contributed by atoms with Crippen molar-refractivity contribution in [2.75, 3.05) is 5.75 Å². The van der Waals surface area contributed by atoms with Gasteiger partial charge in [0.25, 0.3) is 0 Å². The van der Waals surface area contributed by atoms with E-state index < -0.39 is 11.9 Å². The van der Waals surface area contributed by atoms with E-state index in [2.05, 4.69) is 31.2 Å². The van der Waals surface area contributed by atoms with Gasteiger partial charge < -0.3 is 14.6 Å². The van der Waals surface area contributed by atoms with Gasteiger partial charge in [0.05, 0.1) is 6.10 Å². The molecule has 2 fully saturated rings. The van der Waals surface area contributed by atoms with E-state index in [1.165, 1.54) is 11.8 Å². The number of rotatable bonds is 1. The number of carbonyl (C=O) groups excluding carboxylic acids is 2. The molecule has 3 aliphatic rings. The maximum absolute atomic E-state index is 12.4. The first-order chi connectivity index (χ1) is 13.8. The lowest BCUT2D eigenvalue weighted by atomic mass is 9.86. The van der Waals surface area contributed by atoms with Gasteiger partial charge in [-0.3, -0.25) is 4.79 Å².